The molecule has 0 saturated heterocycles. The number of phenolic OH excluding ortho intramolecular Hbond substituents is 1. The van der Waals surface area contributed by atoms with Crippen LogP contribution in [0.4, 0.5) is 5.69 Å². The van der Waals surface area contributed by atoms with Gasteiger partial charge in [-0.2, -0.15) is 5.10 Å². The van der Waals surface area contributed by atoms with Crippen LogP contribution < -0.4 is 5.43 Å². The lowest BCUT2D eigenvalue weighted by Gasteiger charge is -1.99. The molecule has 0 unspecified atom stereocenters. The average molecular weight is 285 g/mol. The summed E-state index contributed by atoms with van der Waals surface area (Å²) < 4.78 is 0. The number of aromatic hydroxyl groups is 1. The first kappa shape index (κ1) is 14.2. The number of nitro groups is 1. The Hall–Kier alpha value is -3.22. The number of nitrogens with zero attached hydrogens (tertiary/aromatic N) is 2. The van der Waals surface area contributed by atoms with Crippen molar-refractivity contribution < 1.29 is 14.8 Å². The van der Waals surface area contributed by atoms with Crippen molar-refractivity contribution in [3.8, 4) is 5.75 Å². The first-order chi connectivity index (χ1) is 10.1. The molecule has 0 aliphatic carbocycles. The lowest BCUT2D eigenvalue weighted by molar-refractivity contribution is -0.384. The fourth-order valence-corrected chi connectivity index (χ4v) is 1.57. The van der Waals surface area contributed by atoms with E-state index in [1.807, 2.05) is 0 Å². The van der Waals surface area contributed by atoms with Crippen molar-refractivity contribution in [3.05, 3.63) is 69.8 Å². The van der Waals surface area contributed by atoms with Crippen molar-refractivity contribution in [1.29, 1.82) is 0 Å². The van der Waals surface area contributed by atoms with Crippen LogP contribution in [0.5, 0.6) is 5.75 Å². The molecular weight excluding hydrogens is 274 g/mol. The molecule has 0 fully saturated rings. The van der Waals surface area contributed by atoms with Gasteiger partial charge in [-0.15, -0.1) is 0 Å². The number of nitrogens with one attached hydrogen (secondary N) is 1. The lowest BCUT2D eigenvalue weighted by Crippen LogP contribution is -2.17. The summed E-state index contributed by atoms with van der Waals surface area (Å²) in [5.41, 5.74) is 3.09. The fourth-order valence-electron chi connectivity index (χ4n) is 1.57. The topological polar surface area (TPSA) is 105 Å². The molecular formula is C14H11N3O4. The summed E-state index contributed by atoms with van der Waals surface area (Å²) >= 11 is 0. The van der Waals surface area contributed by atoms with E-state index in [-0.39, 0.29) is 17.0 Å². The van der Waals surface area contributed by atoms with E-state index in [0.29, 0.717) is 5.56 Å². The molecule has 0 aliphatic heterocycles. The summed E-state index contributed by atoms with van der Waals surface area (Å²) in [7, 11) is 0. The van der Waals surface area contributed by atoms with Crippen LogP contribution in [0, 0.1) is 10.1 Å². The molecule has 7 nitrogen and oxygen atoms in total. The van der Waals surface area contributed by atoms with E-state index in [1.165, 1.54) is 42.6 Å². The monoisotopic (exact) mass is 285 g/mol. The number of hydrazone groups is 1. The molecule has 0 atom stereocenters. The first-order valence-corrected chi connectivity index (χ1v) is 5.93. The number of hydrogen-bond donors (Lipinski definition) is 2. The van der Waals surface area contributed by atoms with Crippen molar-refractivity contribution >= 4 is 17.8 Å². The Morgan fingerprint density at radius 2 is 1.95 bits per heavy atom. The Balaban J connectivity index is 2.00. The van der Waals surface area contributed by atoms with Crippen LogP contribution in [-0.2, 0) is 0 Å². The number of non-ortho nitro benzene ring substituents is 1. The van der Waals surface area contributed by atoms with Crippen LogP contribution in [0.2, 0.25) is 0 Å². The molecule has 0 spiro atoms. The maximum Gasteiger partial charge on any atom is 0.271 e. The van der Waals surface area contributed by atoms with Crippen LogP contribution in [0.1, 0.15) is 15.9 Å². The van der Waals surface area contributed by atoms with Gasteiger partial charge in [0.1, 0.15) is 5.75 Å². The maximum atomic E-state index is 11.7. The quantitative estimate of drug-likeness (QED) is 0.509. The highest BCUT2D eigenvalue weighted by molar-refractivity contribution is 5.95. The van der Waals surface area contributed by atoms with Crippen LogP contribution in [0.3, 0.4) is 0 Å². The number of benzene rings is 2. The van der Waals surface area contributed by atoms with Gasteiger partial charge in [0, 0.05) is 17.7 Å². The van der Waals surface area contributed by atoms with Gasteiger partial charge in [0.15, 0.2) is 0 Å². The van der Waals surface area contributed by atoms with E-state index >= 15 is 0 Å². The number of phenols is 1. The number of carbonyl (C=O) groups is 1. The average Bonchev–Trinajstić information content (AvgIpc) is 2.47. The summed E-state index contributed by atoms with van der Waals surface area (Å²) in [6.07, 6.45) is 1.38. The molecule has 2 aromatic rings. The molecule has 1 amide bonds. The molecule has 0 radical (unpaired) electrons. The third-order valence-corrected chi connectivity index (χ3v) is 2.59. The van der Waals surface area contributed by atoms with Gasteiger partial charge < -0.3 is 5.11 Å². The zero-order chi connectivity index (χ0) is 15.2. The van der Waals surface area contributed by atoms with Crippen molar-refractivity contribution in [2.24, 2.45) is 5.10 Å². The minimum absolute atomic E-state index is 0.0881. The Bertz CT molecular complexity index is 696. The van der Waals surface area contributed by atoms with Gasteiger partial charge in [-0.05, 0) is 29.8 Å². The number of rotatable bonds is 4. The van der Waals surface area contributed by atoms with Gasteiger partial charge in [-0.1, -0.05) is 12.1 Å². The number of nitro benzene ring substituents is 1. The predicted octanol–water partition coefficient (Wildman–Crippen LogP) is 2.06. The zero-order valence-corrected chi connectivity index (χ0v) is 10.8. The van der Waals surface area contributed by atoms with Crippen LogP contribution >= 0.6 is 0 Å². The minimum Gasteiger partial charge on any atom is -0.508 e. The second kappa shape index (κ2) is 6.29. The van der Waals surface area contributed by atoms with Gasteiger partial charge >= 0.3 is 0 Å². The Labute approximate surface area is 119 Å². The summed E-state index contributed by atoms with van der Waals surface area (Å²) in [5, 5.41) is 23.5. The van der Waals surface area contributed by atoms with E-state index in [2.05, 4.69) is 10.5 Å². The third kappa shape index (κ3) is 3.87. The summed E-state index contributed by atoms with van der Waals surface area (Å²) in [4.78, 5) is 21.7. The largest absolute Gasteiger partial charge is 0.508 e. The molecule has 21 heavy (non-hydrogen) atoms. The van der Waals surface area contributed by atoms with Gasteiger partial charge in [-0.25, -0.2) is 5.43 Å². The summed E-state index contributed by atoms with van der Waals surface area (Å²) in [6.45, 7) is 0. The second-order valence-corrected chi connectivity index (χ2v) is 4.10. The van der Waals surface area contributed by atoms with E-state index in [0.717, 1.165) is 0 Å². The Morgan fingerprint density at radius 3 is 2.57 bits per heavy atom. The highest BCUT2D eigenvalue weighted by atomic mass is 16.6. The van der Waals surface area contributed by atoms with Gasteiger partial charge in [0.2, 0.25) is 0 Å². The third-order valence-electron chi connectivity index (χ3n) is 2.59. The molecule has 2 aromatic carbocycles. The first-order valence-electron chi connectivity index (χ1n) is 5.93. The van der Waals surface area contributed by atoms with Gasteiger partial charge in [-0.3, -0.25) is 14.9 Å². The van der Waals surface area contributed by atoms with Crippen molar-refractivity contribution in [1.82, 2.24) is 5.43 Å². The van der Waals surface area contributed by atoms with Crippen molar-refractivity contribution in [2.45, 2.75) is 0 Å². The van der Waals surface area contributed by atoms with E-state index < -0.39 is 10.8 Å². The minimum atomic E-state index is -0.540. The highest BCUT2D eigenvalue weighted by Gasteiger charge is 2.08. The second-order valence-electron chi connectivity index (χ2n) is 4.10. The van der Waals surface area contributed by atoms with Gasteiger partial charge in [0.05, 0.1) is 11.1 Å². The molecule has 0 bridgehead atoms. The summed E-state index contributed by atoms with van der Waals surface area (Å²) in [5.74, 6) is -0.387. The molecule has 0 aliphatic rings. The van der Waals surface area contributed by atoms with Gasteiger partial charge in [0.25, 0.3) is 11.6 Å². The number of amides is 1. The predicted molar refractivity (Wildman–Crippen MR) is 76.3 cm³/mol. The summed E-state index contributed by atoms with van der Waals surface area (Å²) in [6, 6.07) is 11.5. The van der Waals surface area contributed by atoms with E-state index in [4.69, 9.17) is 0 Å². The molecule has 0 heterocycles. The maximum absolute atomic E-state index is 11.7. The van der Waals surface area contributed by atoms with Crippen LogP contribution in [0.25, 0.3) is 0 Å². The smallest absolute Gasteiger partial charge is 0.271 e. The van der Waals surface area contributed by atoms with Crippen molar-refractivity contribution in [3.63, 3.8) is 0 Å². The molecule has 0 saturated carbocycles. The molecule has 2 N–H and O–H groups in total. The number of carbonyl (C=O) groups excluding carboxylic acids is 1. The number of hydrogen-bond acceptors (Lipinski definition) is 5. The molecule has 106 valence electrons. The van der Waals surface area contributed by atoms with Crippen molar-refractivity contribution in [2.75, 3.05) is 0 Å². The highest BCUT2D eigenvalue weighted by Crippen LogP contribution is 2.12. The normalized spacial score (nSPS) is 10.5. The van der Waals surface area contributed by atoms with E-state index in [9.17, 15) is 20.0 Å². The Kier molecular flexibility index (Phi) is 4.25. The van der Waals surface area contributed by atoms with Crippen LogP contribution in [-0.4, -0.2) is 22.2 Å². The molecule has 2 rings (SSSR count). The molecule has 0 aromatic heterocycles. The lowest BCUT2D eigenvalue weighted by atomic mass is 10.2. The SMILES string of the molecule is O=C(NN=Cc1cccc(O)c1)c1ccc([N+](=O)[O-])cc1. The molecule has 7 heteroatoms. The Morgan fingerprint density at radius 1 is 1.24 bits per heavy atom. The van der Waals surface area contributed by atoms with Crippen LogP contribution in [0.15, 0.2) is 53.6 Å². The zero-order valence-electron chi connectivity index (χ0n) is 10.8. The standard InChI is InChI=1S/C14H11N3O4/c18-13-3-1-2-10(8-13)9-15-16-14(19)11-4-6-12(7-5-11)17(20)21/h1-9,18H,(H,16,19). The fraction of sp³-hybridized carbons (Fsp3) is 0. The van der Waals surface area contributed by atoms with E-state index in [1.54, 1.807) is 12.1 Å².